The first-order valence-electron chi connectivity index (χ1n) is 10.1. The van der Waals surface area contributed by atoms with Crippen molar-refractivity contribution in [3.8, 4) is 5.75 Å². The van der Waals surface area contributed by atoms with Gasteiger partial charge in [0.15, 0.2) is 5.16 Å². The molecule has 0 aliphatic rings. The zero-order valence-electron chi connectivity index (χ0n) is 17.2. The number of alkyl halides is 2. The van der Waals surface area contributed by atoms with Crippen LogP contribution in [0.2, 0.25) is 0 Å². The number of carbonyl (C=O) groups excluding carboxylic acids is 1. The molecule has 1 aromatic heterocycles. The van der Waals surface area contributed by atoms with Gasteiger partial charge in [-0.2, -0.15) is 8.78 Å². The van der Waals surface area contributed by atoms with E-state index in [1.54, 1.807) is 66.7 Å². The Morgan fingerprint density at radius 2 is 1.72 bits per heavy atom. The number of fused-ring (bicyclic) bond motifs is 1. The number of benzene rings is 3. The molecule has 164 valence electrons. The molecule has 0 saturated carbocycles. The van der Waals surface area contributed by atoms with Crippen LogP contribution >= 0.6 is 11.8 Å². The minimum atomic E-state index is -2.79. The molecule has 0 aliphatic heterocycles. The predicted molar refractivity (Wildman–Crippen MR) is 122 cm³/mol. The fraction of sp³-hybridized carbons (Fsp3) is 0.167. The van der Waals surface area contributed by atoms with Crippen LogP contribution in [0.4, 0.5) is 14.5 Å². The number of nitrogens with one attached hydrogen (secondary N) is 1. The highest BCUT2D eigenvalue weighted by atomic mass is 32.2. The summed E-state index contributed by atoms with van der Waals surface area (Å²) >= 11 is 0.988. The lowest BCUT2D eigenvalue weighted by Gasteiger charge is -2.18. The van der Waals surface area contributed by atoms with Crippen LogP contribution in [-0.4, -0.2) is 22.1 Å². The lowest BCUT2D eigenvalue weighted by molar-refractivity contribution is -0.115. The fourth-order valence-corrected chi connectivity index (χ4v) is 4.46. The molecule has 0 radical (unpaired) electrons. The van der Waals surface area contributed by atoms with E-state index in [1.165, 1.54) is 0 Å². The van der Waals surface area contributed by atoms with E-state index in [2.05, 4.69) is 10.3 Å². The number of hydrogen-bond acceptors (Lipinski definition) is 4. The summed E-state index contributed by atoms with van der Waals surface area (Å²) in [6.45, 7) is -0.485. The summed E-state index contributed by atoms with van der Waals surface area (Å²) in [4.78, 5) is 17.7. The molecular weight excluding hydrogens is 432 g/mol. The number of halogens is 2. The van der Waals surface area contributed by atoms with E-state index in [0.717, 1.165) is 16.3 Å². The first kappa shape index (κ1) is 21.8. The second-order valence-corrected chi connectivity index (χ2v) is 7.93. The predicted octanol–water partition coefficient (Wildman–Crippen LogP) is 6.30. The Labute approximate surface area is 188 Å². The zero-order chi connectivity index (χ0) is 22.5. The minimum absolute atomic E-state index is 0.0725. The molecule has 32 heavy (non-hydrogen) atoms. The molecule has 0 aliphatic carbocycles. The molecule has 1 unspecified atom stereocenters. The van der Waals surface area contributed by atoms with Crippen LogP contribution in [0.5, 0.6) is 5.75 Å². The smallest absolute Gasteiger partial charge is 0.321 e. The topological polar surface area (TPSA) is 56.1 Å². The molecule has 3 aromatic carbocycles. The van der Waals surface area contributed by atoms with E-state index in [0.29, 0.717) is 34.6 Å². The molecule has 1 heterocycles. The zero-order valence-corrected chi connectivity index (χ0v) is 18.1. The molecule has 1 amide bonds. The molecule has 1 N–H and O–H groups in total. The highest BCUT2D eigenvalue weighted by Crippen LogP contribution is 2.39. The quantitative estimate of drug-likeness (QED) is 0.318. The monoisotopic (exact) mass is 453 g/mol. The average molecular weight is 454 g/mol. The molecule has 4 aromatic rings. The average Bonchev–Trinajstić information content (AvgIpc) is 3.18. The standard InChI is InChI=1S/C24H21F2N3O2S/c1-2-31-20-15-9-7-13-18(20)27-22(30)21(16-10-4-3-5-11-16)32-24-28-17-12-6-8-14-19(17)29(24)23(25)26/h3-15,21,23H,2H2,1H3,(H,27,30). The number of rotatable bonds is 8. The van der Waals surface area contributed by atoms with Gasteiger partial charge in [0.25, 0.3) is 0 Å². The number of anilines is 1. The van der Waals surface area contributed by atoms with Gasteiger partial charge in [0, 0.05) is 0 Å². The summed E-state index contributed by atoms with van der Waals surface area (Å²) in [7, 11) is 0. The molecule has 0 saturated heterocycles. The van der Waals surface area contributed by atoms with Crippen LogP contribution in [0, 0.1) is 0 Å². The molecule has 8 heteroatoms. The number of imidazole rings is 1. The van der Waals surface area contributed by atoms with Gasteiger partial charge in [-0.3, -0.25) is 9.36 Å². The highest BCUT2D eigenvalue weighted by Gasteiger charge is 2.27. The van der Waals surface area contributed by atoms with Gasteiger partial charge in [0.1, 0.15) is 11.0 Å². The van der Waals surface area contributed by atoms with Crippen LogP contribution < -0.4 is 10.1 Å². The first-order chi connectivity index (χ1) is 15.6. The van der Waals surface area contributed by atoms with Crippen molar-refractivity contribution in [2.75, 3.05) is 11.9 Å². The van der Waals surface area contributed by atoms with Gasteiger partial charge in [-0.1, -0.05) is 66.4 Å². The van der Waals surface area contributed by atoms with Crippen molar-refractivity contribution in [1.82, 2.24) is 9.55 Å². The van der Waals surface area contributed by atoms with Crippen molar-refractivity contribution in [3.63, 3.8) is 0 Å². The van der Waals surface area contributed by atoms with Crippen LogP contribution in [0.25, 0.3) is 11.0 Å². The van der Waals surface area contributed by atoms with E-state index < -0.39 is 11.8 Å². The molecule has 1 atom stereocenters. The largest absolute Gasteiger partial charge is 0.492 e. The Bertz CT molecular complexity index is 1210. The Morgan fingerprint density at radius 1 is 1.03 bits per heavy atom. The third-order valence-corrected chi connectivity index (χ3v) is 5.99. The number of hydrogen-bond donors (Lipinski definition) is 1. The molecule has 5 nitrogen and oxygen atoms in total. The first-order valence-corrected chi connectivity index (χ1v) is 11.0. The molecule has 4 rings (SSSR count). The summed E-state index contributed by atoms with van der Waals surface area (Å²) < 4.78 is 34.3. The highest BCUT2D eigenvalue weighted by molar-refractivity contribution is 8.00. The van der Waals surface area contributed by atoms with Crippen LogP contribution in [0.15, 0.2) is 84.0 Å². The van der Waals surface area contributed by atoms with Gasteiger partial charge in [-0.15, -0.1) is 0 Å². The van der Waals surface area contributed by atoms with E-state index in [1.807, 2.05) is 19.1 Å². The summed E-state index contributed by atoms with van der Waals surface area (Å²) in [6, 6.07) is 22.8. The van der Waals surface area contributed by atoms with Crippen LogP contribution in [0.1, 0.15) is 24.3 Å². The number of para-hydroxylation sites is 4. The van der Waals surface area contributed by atoms with Gasteiger partial charge in [-0.05, 0) is 36.8 Å². The number of thioether (sulfide) groups is 1. The number of ether oxygens (including phenoxy) is 1. The van der Waals surface area contributed by atoms with Gasteiger partial charge in [0.05, 0.1) is 23.3 Å². The Balaban J connectivity index is 1.71. The van der Waals surface area contributed by atoms with Gasteiger partial charge < -0.3 is 10.1 Å². The van der Waals surface area contributed by atoms with E-state index in [-0.39, 0.29) is 11.1 Å². The maximum atomic E-state index is 13.9. The maximum Gasteiger partial charge on any atom is 0.321 e. The van der Waals surface area contributed by atoms with Crippen molar-refractivity contribution >= 4 is 34.4 Å². The van der Waals surface area contributed by atoms with Gasteiger partial charge >= 0.3 is 6.55 Å². The van der Waals surface area contributed by atoms with Gasteiger partial charge in [-0.25, -0.2) is 4.98 Å². The summed E-state index contributed by atoms with van der Waals surface area (Å²) in [5.41, 5.74) is 1.96. The Hall–Kier alpha value is -3.39. The van der Waals surface area contributed by atoms with Crippen molar-refractivity contribution in [2.24, 2.45) is 0 Å². The molecule has 0 spiro atoms. The van der Waals surface area contributed by atoms with Crippen molar-refractivity contribution < 1.29 is 18.3 Å². The Morgan fingerprint density at radius 3 is 2.47 bits per heavy atom. The normalized spacial score (nSPS) is 12.1. The van der Waals surface area contributed by atoms with E-state index in [9.17, 15) is 13.6 Å². The Kier molecular flexibility index (Phi) is 6.70. The van der Waals surface area contributed by atoms with Crippen molar-refractivity contribution in [2.45, 2.75) is 23.9 Å². The van der Waals surface area contributed by atoms with Gasteiger partial charge in [0.2, 0.25) is 5.91 Å². The summed E-state index contributed by atoms with van der Waals surface area (Å²) in [5, 5.41) is 2.15. The summed E-state index contributed by atoms with van der Waals surface area (Å²) in [5.74, 6) is 0.182. The lowest BCUT2D eigenvalue weighted by Crippen LogP contribution is -2.20. The van der Waals surface area contributed by atoms with Crippen LogP contribution in [0.3, 0.4) is 0 Å². The SMILES string of the molecule is CCOc1ccccc1NC(=O)C(Sc1nc2ccccc2n1C(F)F)c1ccccc1. The minimum Gasteiger partial charge on any atom is -0.492 e. The van der Waals surface area contributed by atoms with E-state index in [4.69, 9.17) is 4.74 Å². The fourth-order valence-electron chi connectivity index (χ4n) is 3.35. The van der Waals surface area contributed by atoms with Crippen LogP contribution in [-0.2, 0) is 4.79 Å². The molecule has 0 bridgehead atoms. The molecular formula is C24H21F2N3O2S. The number of carbonyl (C=O) groups is 1. The number of amides is 1. The maximum absolute atomic E-state index is 13.9. The lowest BCUT2D eigenvalue weighted by atomic mass is 10.1. The number of aromatic nitrogens is 2. The number of nitrogens with zero attached hydrogens (tertiary/aromatic N) is 2. The molecule has 0 fully saturated rings. The van der Waals surface area contributed by atoms with Crippen molar-refractivity contribution in [1.29, 1.82) is 0 Å². The second-order valence-electron chi connectivity index (χ2n) is 6.86. The third-order valence-electron chi connectivity index (χ3n) is 4.77. The summed E-state index contributed by atoms with van der Waals surface area (Å²) in [6.07, 6.45) is 0. The second kappa shape index (κ2) is 9.82. The van der Waals surface area contributed by atoms with E-state index >= 15 is 0 Å². The third kappa shape index (κ3) is 4.60. The van der Waals surface area contributed by atoms with Crippen molar-refractivity contribution in [3.05, 3.63) is 84.4 Å².